The van der Waals surface area contributed by atoms with Crippen LogP contribution in [0, 0.1) is 0 Å². The van der Waals surface area contributed by atoms with Crippen LogP contribution in [0.3, 0.4) is 0 Å². The smallest absolute Gasteiger partial charge is 0.408 e. The maximum Gasteiger partial charge on any atom is 0.408 e. The van der Waals surface area contributed by atoms with Gasteiger partial charge in [-0.3, -0.25) is 4.79 Å². The molecule has 0 saturated carbocycles. The Morgan fingerprint density at radius 1 is 1.00 bits per heavy atom. The normalized spacial score (nSPS) is 14.8. The Morgan fingerprint density at radius 3 is 2.40 bits per heavy atom. The third-order valence-electron chi connectivity index (χ3n) is 6.36. The highest BCUT2D eigenvalue weighted by Gasteiger charge is 2.28. The van der Waals surface area contributed by atoms with Gasteiger partial charge in [-0.15, -0.1) is 0 Å². The number of carbonyl (C=O) groups excluding carboxylic acids is 2. The third-order valence-corrected chi connectivity index (χ3v) is 6.66. The van der Waals surface area contributed by atoms with Gasteiger partial charge in [0.1, 0.15) is 11.4 Å². The number of hydrogen-bond donors (Lipinski definition) is 2. The van der Waals surface area contributed by atoms with Gasteiger partial charge in [0.15, 0.2) is 5.15 Å². The standard InChI is InChI=1S/C31H36ClN5O3/c1-31(2,3)40-30(39)36-26(21-22-13-6-4-7-14-22)28(37-19-10-5-11-20-37)34-24-16-9-8-15-23(24)29(38)35-25-17-12-18-33-27(25)32/h4,6-9,12-18,26H,5,10-11,19-21H2,1-3H3,(H,35,38)(H,36,39)/t26-/m0/s1. The molecule has 1 aliphatic rings. The zero-order valence-corrected chi connectivity index (χ0v) is 23.9. The highest BCUT2D eigenvalue weighted by Crippen LogP contribution is 2.25. The minimum absolute atomic E-state index is 0.204. The number of carbonyl (C=O) groups is 2. The van der Waals surface area contributed by atoms with E-state index < -0.39 is 17.7 Å². The largest absolute Gasteiger partial charge is 0.444 e. The molecule has 210 valence electrons. The summed E-state index contributed by atoms with van der Waals surface area (Å²) < 4.78 is 5.63. The fourth-order valence-corrected chi connectivity index (χ4v) is 4.72. The molecular weight excluding hydrogens is 526 g/mol. The summed E-state index contributed by atoms with van der Waals surface area (Å²) in [6.45, 7) is 7.12. The van der Waals surface area contributed by atoms with Crippen LogP contribution in [-0.2, 0) is 11.2 Å². The Morgan fingerprint density at radius 2 is 1.70 bits per heavy atom. The van der Waals surface area contributed by atoms with Crippen molar-refractivity contribution in [2.24, 2.45) is 4.99 Å². The van der Waals surface area contributed by atoms with Gasteiger partial charge in [-0.2, -0.15) is 0 Å². The van der Waals surface area contributed by atoms with E-state index in [4.69, 9.17) is 21.3 Å². The molecule has 0 aliphatic carbocycles. The number of ether oxygens (including phenoxy) is 1. The van der Waals surface area contributed by atoms with Crippen molar-refractivity contribution in [2.75, 3.05) is 18.4 Å². The summed E-state index contributed by atoms with van der Waals surface area (Å²) >= 11 is 6.18. The van der Waals surface area contributed by atoms with Crippen LogP contribution >= 0.6 is 11.6 Å². The number of nitrogens with one attached hydrogen (secondary N) is 2. The van der Waals surface area contributed by atoms with Crippen LogP contribution < -0.4 is 10.6 Å². The van der Waals surface area contributed by atoms with E-state index in [1.54, 1.807) is 36.5 Å². The molecule has 2 N–H and O–H groups in total. The highest BCUT2D eigenvalue weighted by molar-refractivity contribution is 6.32. The molecule has 0 spiro atoms. The molecule has 2 amide bonds. The van der Waals surface area contributed by atoms with Crippen molar-refractivity contribution >= 4 is 40.8 Å². The van der Waals surface area contributed by atoms with E-state index in [0.29, 0.717) is 29.2 Å². The number of piperidine rings is 1. The summed E-state index contributed by atoms with van der Waals surface area (Å²) in [4.78, 5) is 37.7. The highest BCUT2D eigenvalue weighted by atomic mass is 35.5. The van der Waals surface area contributed by atoms with Crippen molar-refractivity contribution in [3.8, 4) is 0 Å². The number of halogens is 1. The van der Waals surface area contributed by atoms with Crippen LogP contribution in [0.25, 0.3) is 0 Å². The van der Waals surface area contributed by atoms with Gasteiger partial charge in [0.2, 0.25) is 0 Å². The Labute approximate surface area is 240 Å². The molecule has 4 rings (SSSR count). The zero-order valence-electron chi connectivity index (χ0n) is 23.2. The molecule has 0 radical (unpaired) electrons. The zero-order chi connectivity index (χ0) is 28.5. The minimum Gasteiger partial charge on any atom is -0.444 e. The molecule has 3 aromatic rings. The maximum atomic E-state index is 13.4. The molecule has 1 aromatic heterocycles. The second-order valence-corrected chi connectivity index (χ2v) is 11.1. The monoisotopic (exact) mass is 561 g/mol. The lowest BCUT2D eigenvalue weighted by Crippen LogP contribution is -2.52. The van der Waals surface area contributed by atoms with Gasteiger partial charge in [0, 0.05) is 25.7 Å². The van der Waals surface area contributed by atoms with E-state index >= 15 is 0 Å². The number of amidine groups is 1. The number of amides is 2. The van der Waals surface area contributed by atoms with Crippen molar-refractivity contribution in [3.63, 3.8) is 0 Å². The summed E-state index contributed by atoms with van der Waals surface area (Å²) in [5.41, 5.74) is 1.68. The number of alkyl carbamates (subject to hydrolysis) is 1. The number of nitrogens with zero attached hydrogens (tertiary/aromatic N) is 3. The summed E-state index contributed by atoms with van der Waals surface area (Å²) in [6.07, 6.45) is 4.73. The Balaban J connectivity index is 1.74. The van der Waals surface area contributed by atoms with Crippen LogP contribution in [-0.4, -0.2) is 52.5 Å². The van der Waals surface area contributed by atoms with Gasteiger partial charge in [0.05, 0.1) is 23.0 Å². The average molecular weight is 562 g/mol. The molecule has 2 heterocycles. The molecule has 1 atom stereocenters. The molecular formula is C31H36ClN5O3. The first-order valence-electron chi connectivity index (χ1n) is 13.6. The molecule has 0 unspecified atom stereocenters. The van der Waals surface area contributed by atoms with E-state index in [-0.39, 0.29) is 11.1 Å². The van der Waals surface area contributed by atoms with Crippen LogP contribution in [0.1, 0.15) is 56.0 Å². The summed E-state index contributed by atoms with van der Waals surface area (Å²) in [5, 5.41) is 6.12. The van der Waals surface area contributed by atoms with Crippen molar-refractivity contribution in [2.45, 2.75) is 58.1 Å². The predicted molar refractivity (Wildman–Crippen MR) is 159 cm³/mol. The van der Waals surface area contributed by atoms with Gasteiger partial charge < -0.3 is 20.3 Å². The van der Waals surface area contributed by atoms with E-state index in [1.165, 1.54) is 0 Å². The number of likely N-dealkylation sites (tertiary alicyclic amines) is 1. The minimum atomic E-state index is -0.651. The van der Waals surface area contributed by atoms with Crippen molar-refractivity contribution in [1.29, 1.82) is 0 Å². The lowest BCUT2D eigenvalue weighted by atomic mass is 10.0. The van der Waals surface area contributed by atoms with Crippen LogP contribution in [0.5, 0.6) is 0 Å². The average Bonchev–Trinajstić information content (AvgIpc) is 2.93. The van der Waals surface area contributed by atoms with Crippen molar-refractivity contribution in [3.05, 3.63) is 89.2 Å². The predicted octanol–water partition coefficient (Wildman–Crippen LogP) is 6.64. The number of para-hydroxylation sites is 1. The van der Waals surface area contributed by atoms with Gasteiger partial charge in [0.25, 0.3) is 5.91 Å². The number of pyridine rings is 1. The molecule has 0 bridgehead atoms. The number of rotatable bonds is 7. The number of anilines is 1. The summed E-state index contributed by atoms with van der Waals surface area (Å²) in [6, 6.07) is 20.0. The SMILES string of the molecule is CC(C)(C)OC(=O)N[C@@H](Cc1ccccc1)C(=Nc1ccccc1C(=O)Nc1cccnc1Cl)N1CCCCC1. The van der Waals surface area contributed by atoms with Crippen molar-refractivity contribution in [1.82, 2.24) is 15.2 Å². The molecule has 1 fully saturated rings. The first-order chi connectivity index (χ1) is 19.2. The quantitative estimate of drug-likeness (QED) is 0.191. The van der Waals surface area contributed by atoms with Crippen molar-refractivity contribution < 1.29 is 14.3 Å². The Bertz CT molecular complexity index is 1330. The van der Waals surface area contributed by atoms with E-state index in [9.17, 15) is 9.59 Å². The second kappa shape index (κ2) is 13.4. The van der Waals surface area contributed by atoms with Gasteiger partial charge >= 0.3 is 6.09 Å². The summed E-state index contributed by atoms with van der Waals surface area (Å²) in [7, 11) is 0. The van der Waals surface area contributed by atoms with Gasteiger partial charge in [-0.05, 0) is 69.9 Å². The lowest BCUT2D eigenvalue weighted by molar-refractivity contribution is 0.0515. The van der Waals surface area contributed by atoms with Gasteiger partial charge in [-0.25, -0.2) is 14.8 Å². The molecule has 40 heavy (non-hydrogen) atoms. The number of hydrogen-bond acceptors (Lipinski definition) is 5. The number of aromatic nitrogens is 1. The van der Waals surface area contributed by atoms with E-state index in [0.717, 1.165) is 37.9 Å². The Hall–Kier alpha value is -3.91. The fraction of sp³-hybridized carbons (Fsp3) is 0.355. The summed E-state index contributed by atoms with van der Waals surface area (Å²) in [5.74, 6) is 0.334. The molecule has 8 nitrogen and oxygen atoms in total. The molecule has 9 heteroatoms. The Kier molecular flexibility index (Phi) is 9.77. The second-order valence-electron chi connectivity index (χ2n) is 10.7. The van der Waals surface area contributed by atoms with Crippen LogP contribution in [0.15, 0.2) is 77.9 Å². The number of aliphatic imine (C=N–C) groups is 1. The van der Waals surface area contributed by atoms with E-state index in [1.807, 2.05) is 57.2 Å². The lowest BCUT2D eigenvalue weighted by Gasteiger charge is -2.35. The third kappa shape index (κ3) is 8.29. The fourth-order valence-electron chi connectivity index (χ4n) is 4.55. The first kappa shape index (κ1) is 29.1. The van der Waals surface area contributed by atoms with E-state index in [2.05, 4.69) is 20.5 Å². The molecule has 1 aliphatic heterocycles. The topological polar surface area (TPSA) is 95.9 Å². The van der Waals surface area contributed by atoms with Gasteiger partial charge in [-0.1, -0.05) is 54.1 Å². The molecule has 1 saturated heterocycles. The maximum absolute atomic E-state index is 13.4. The number of benzene rings is 2. The molecule has 2 aromatic carbocycles. The van der Waals surface area contributed by atoms with Crippen LogP contribution in [0.2, 0.25) is 5.15 Å². The first-order valence-corrected chi connectivity index (χ1v) is 14.0. The van der Waals surface area contributed by atoms with Crippen LogP contribution in [0.4, 0.5) is 16.2 Å².